The first-order chi connectivity index (χ1) is 11.6. The number of benzene rings is 2. The van der Waals surface area contributed by atoms with Gasteiger partial charge in [-0.15, -0.1) is 0 Å². The largest absolute Gasteiger partial charge is 0.497 e. The summed E-state index contributed by atoms with van der Waals surface area (Å²) >= 11 is 0. The smallest absolute Gasteiger partial charge is 0.338 e. The average molecular weight is 325 g/mol. The van der Waals surface area contributed by atoms with E-state index in [1.165, 1.54) is 7.11 Å². The van der Waals surface area contributed by atoms with Crippen LogP contribution >= 0.6 is 0 Å². The number of methoxy groups -OCH3 is 1. The van der Waals surface area contributed by atoms with Crippen molar-refractivity contribution in [3.05, 3.63) is 65.2 Å². The van der Waals surface area contributed by atoms with E-state index in [4.69, 9.17) is 9.47 Å². The maximum Gasteiger partial charge on any atom is 0.338 e. The van der Waals surface area contributed by atoms with Crippen LogP contribution in [-0.4, -0.2) is 42.9 Å². The molecule has 0 radical (unpaired) electrons. The lowest BCUT2D eigenvalue weighted by molar-refractivity contribution is 0.0420. The molecule has 3 rings (SSSR count). The Balaban J connectivity index is 1.60. The number of rotatable bonds is 5. The Morgan fingerprint density at radius 3 is 2.29 bits per heavy atom. The van der Waals surface area contributed by atoms with Gasteiger partial charge in [-0.1, -0.05) is 18.2 Å². The fourth-order valence-corrected chi connectivity index (χ4v) is 2.51. The average Bonchev–Trinajstić information content (AvgIpc) is 2.87. The summed E-state index contributed by atoms with van der Waals surface area (Å²) in [6.07, 6.45) is 0. The summed E-state index contributed by atoms with van der Waals surface area (Å²) < 4.78 is 10.2. The van der Waals surface area contributed by atoms with Gasteiger partial charge in [-0.3, -0.25) is 14.5 Å². The van der Waals surface area contributed by atoms with E-state index < -0.39 is 5.97 Å². The first kappa shape index (κ1) is 15.7. The number of esters is 1. The number of nitrogens with zero attached hydrogens (tertiary/aromatic N) is 1. The van der Waals surface area contributed by atoms with Gasteiger partial charge in [-0.2, -0.15) is 0 Å². The van der Waals surface area contributed by atoms with E-state index in [0.717, 1.165) is 4.90 Å². The molecule has 0 N–H and O–H groups in total. The van der Waals surface area contributed by atoms with Gasteiger partial charge >= 0.3 is 5.97 Å². The molecule has 0 aromatic heterocycles. The van der Waals surface area contributed by atoms with Crippen LogP contribution in [0.1, 0.15) is 31.1 Å². The van der Waals surface area contributed by atoms with Gasteiger partial charge in [0.05, 0.1) is 30.3 Å². The highest BCUT2D eigenvalue weighted by atomic mass is 16.5. The van der Waals surface area contributed by atoms with Crippen LogP contribution < -0.4 is 4.74 Å². The molecule has 2 amide bonds. The van der Waals surface area contributed by atoms with Crippen molar-refractivity contribution in [2.75, 3.05) is 20.3 Å². The predicted molar refractivity (Wildman–Crippen MR) is 85.1 cm³/mol. The lowest BCUT2D eigenvalue weighted by Gasteiger charge is -2.13. The van der Waals surface area contributed by atoms with Crippen LogP contribution in [0.15, 0.2) is 48.5 Å². The van der Waals surface area contributed by atoms with Crippen LogP contribution in [0, 0.1) is 0 Å². The molecule has 0 spiro atoms. The molecular formula is C18H15NO5. The number of hydrogen-bond donors (Lipinski definition) is 0. The first-order valence-corrected chi connectivity index (χ1v) is 7.38. The molecule has 6 heteroatoms. The Labute approximate surface area is 138 Å². The molecule has 0 saturated heterocycles. The third-order valence-electron chi connectivity index (χ3n) is 3.73. The summed E-state index contributed by atoms with van der Waals surface area (Å²) in [4.78, 5) is 37.5. The molecule has 6 nitrogen and oxygen atoms in total. The molecule has 0 saturated carbocycles. The van der Waals surface area contributed by atoms with Gasteiger partial charge in [-0.25, -0.2) is 4.79 Å². The van der Waals surface area contributed by atoms with Crippen LogP contribution in [0.2, 0.25) is 0 Å². The van der Waals surface area contributed by atoms with E-state index in [2.05, 4.69) is 0 Å². The Hall–Kier alpha value is -3.15. The van der Waals surface area contributed by atoms with Crippen molar-refractivity contribution in [2.45, 2.75) is 0 Å². The van der Waals surface area contributed by atoms with Crippen molar-refractivity contribution in [2.24, 2.45) is 0 Å². The van der Waals surface area contributed by atoms with E-state index in [0.29, 0.717) is 22.4 Å². The second kappa shape index (κ2) is 6.54. The summed E-state index contributed by atoms with van der Waals surface area (Å²) in [5.41, 5.74) is 1.10. The maximum absolute atomic E-state index is 12.2. The molecule has 24 heavy (non-hydrogen) atoms. The SMILES string of the molecule is COc1cccc(C(=O)OCCN2C(=O)c3ccccc3C2=O)c1. The number of ether oxygens (including phenoxy) is 2. The van der Waals surface area contributed by atoms with Crippen LogP contribution in [0.4, 0.5) is 0 Å². The second-order valence-electron chi connectivity index (χ2n) is 5.18. The third-order valence-corrected chi connectivity index (χ3v) is 3.73. The van der Waals surface area contributed by atoms with Crippen molar-refractivity contribution < 1.29 is 23.9 Å². The number of fused-ring (bicyclic) bond motifs is 1. The number of imide groups is 1. The zero-order valence-corrected chi connectivity index (χ0v) is 13.0. The zero-order chi connectivity index (χ0) is 17.1. The van der Waals surface area contributed by atoms with Gasteiger partial charge in [0.1, 0.15) is 12.4 Å². The molecule has 0 atom stereocenters. The molecule has 0 aliphatic carbocycles. The highest BCUT2D eigenvalue weighted by Crippen LogP contribution is 2.22. The van der Waals surface area contributed by atoms with Crippen molar-refractivity contribution in [1.82, 2.24) is 4.90 Å². The molecule has 0 unspecified atom stereocenters. The summed E-state index contributed by atoms with van der Waals surface area (Å²) in [6.45, 7) is -0.0520. The summed E-state index contributed by atoms with van der Waals surface area (Å²) in [6, 6.07) is 13.2. The summed E-state index contributed by atoms with van der Waals surface area (Å²) in [5, 5.41) is 0. The molecule has 2 aromatic carbocycles. The number of hydrogen-bond acceptors (Lipinski definition) is 5. The minimum absolute atomic E-state index is 0.0159. The Bertz CT molecular complexity index is 780. The quantitative estimate of drug-likeness (QED) is 0.622. The fraction of sp³-hybridized carbons (Fsp3) is 0.167. The normalized spacial score (nSPS) is 13.0. The van der Waals surface area contributed by atoms with Gasteiger partial charge in [0.15, 0.2) is 0 Å². The van der Waals surface area contributed by atoms with Crippen LogP contribution in [0.3, 0.4) is 0 Å². The maximum atomic E-state index is 12.2. The lowest BCUT2D eigenvalue weighted by atomic mass is 10.1. The summed E-state index contributed by atoms with van der Waals surface area (Å²) in [7, 11) is 1.51. The van der Waals surface area contributed by atoms with E-state index in [9.17, 15) is 14.4 Å². The van der Waals surface area contributed by atoms with Gasteiger partial charge < -0.3 is 9.47 Å². The van der Waals surface area contributed by atoms with Crippen molar-refractivity contribution in [1.29, 1.82) is 0 Å². The molecule has 0 fully saturated rings. The molecule has 2 aromatic rings. The first-order valence-electron chi connectivity index (χ1n) is 7.38. The Kier molecular flexibility index (Phi) is 4.29. The van der Waals surface area contributed by atoms with E-state index in [1.807, 2.05) is 0 Å². The lowest BCUT2D eigenvalue weighted by Crippen LogP contribution is -2.33. The van der Waals surface area contributed by atoms with Crippen molar-refractivity contribution >= 4 is 17.8 Å². The molecular weight excluding hydrogens is 310 g/mol. The van der Waals surface area contributed by atoms with E-state index in [1.54, 1.807) is 48.5 Å². The molecule has 1 heterocycles. The van der Waals surface area contributed by atoms with Crippen LogP contribution in [0.5, 0.6) is 5.75 Å². The molecule has 0 bridgehead atoms. The topological polar surface area (TPSA) is 72.9 Å². The Morgan fingerprint density at radius 2 is 1.67 bits per heavy atom. The third kappa shape index (κ3) is 2.86. The van der Waals surface area contributed by atoms with Crippen molar-refractivity contribution in [3.63, 3.8) is 0 Å². The van der Waals surface area contributed by atoms with Gasteiger partial charge in [0.25, 0.3) is 11.8 Å². The van der Waals surface area contributed by atoms with E-state index >= 15 is 0 Å². The highest BCUT2D eigenvalue weighted by Gasteiger charge is 2.34. The highest BCUT2D eigenvalue weighted by molar-refractivity contribution is 6.21. The standard InChI is InChI=1S/C18H15NO5/c1-23-13-6-4-5-12(11-13)18(22)24-10-9-19-16(20)14-7-2-3-8-15(14)17(19)21/h2-8,11H,9-10H2,1H3. The molecule has 1 aliphatic heterocycles. The van der Waals surface area contributed by atoms with Crippen LogP contribution in [-0.2, 0) is 4.74 Å². The van der Waals surface area contributed by atoms with Crippen LogP contribution in [0.25, 0.3) is 0 Å². The monoisotopic (exact) mass is 325 g/mol. The number of amides is 2. The second-order valence-corrected chi connectivity index (χ2v) is 5.18. The number of carbonyl (C=O) groups is 3. The molecule has 1 aliphatic rings. The number of carbonyl (C=O) groups excluding carboxylic acids is 3. The summed E-state index contributed by atoms with van der Waals surface area (Å²) in [5.74, 6) is -0.726. The van der Waals surface area contributed by atoms with Gasteiger partial charge in [-0.05, 0) is 30.3 Å². The van der Waals surface area contributed by atoms with Crippen molar-refractivity contribution in [3.8, 4) is 5.75 Å². The fourth-order valence-electron chi connectivity index (χ4n) is 2.51. The zero-order valence-electron chi connectivity index (χ0n) is 13.0. The van der Waals surface area contributed by atoms with Gasteiger partial charge in [0, 0.05) is 0 Å². The predicted octanol–water partition coefficient (Wildman–Crippen LogP) is 2.15. The van der Waals surface area contributed by atoms with Gasteiger partial charge in [0.2, 0.25) is 0 Å². The van der Waals surface area contributed by atoms with E-state index in [-0.39, 0.29) is 25.0 Å². The minimum Gasteiger partial charge on any atom is -0.497 e. The molecule has 122 valence electrons. The minimum atomic E-state index is -0.537. The Morgan fingerprint density at radius 1 is 1.00 bits per heavy atom.